The molecule has 3 heteroatoms. The van der Waals surface area contributed by atoms with Crippen LogP contribution in [0, 0.1) is 5.41 Å². The fraction of sp³-hybridized carbons (Fsp3) is 0.500. The summed E-state index contributed by atoms with van der Waals surface area (Å²) in [6.07, 6.45) is 6.52. The summed E-state index contributed by atoms with van der Waals surface area (Å²) in [5.74, 6) is 0.637. The molecule has 3 rings (SSSR count). The molecule has 0 spiro atoms. The summed E-state index contributed by atoms with van der Waals surface area (Å²) >= 11 is 6.57. The Balaban J connectivity index is 0.00000133. The normalized spacial score (nSPS) is 28.9. The predicted octanol–water partition coefficient (Wildman–Crippen LogP) is 4.43. The lowest BCUT2D eigenvalue weighted by molar-refractivity contribution is 0.277. The predicted molar refractivity (Wildman–Crippen MR) is 85.4 cm³/mol. The monoisotopic (exact) mass is 297 g/mol. The quantitative estimate of drug-likeness (QED) is 0.808. The summed E-state index contributed by atoms with van der Waals surface area (Å²) in [6.45, 7) is 6.69. The van der Waals surface area contributed by atoms with E-state index in [1.807, 2.05) is 6.92 Å². The van der Waals surface area contributed by atoms with Crippen LogP contribution >= 0.6 is 24.0 Å². The van der Waals surface area contributed by atoms with Crippen LogP contribution in [0.1, 0.15) is 42.9 Å². The van der Waals surface area contributed by atoms with Gasteiger partial charge in [-0.3, -0.25) is 0 Å². The molecule has 1 aromatic carbocycles. The van der Waals surface area contributed by atoms with E-state index in [4.69, 9.17) is 11.6 Å². The Hall–Kier alpha value is -0.500. The van der Waals surface area contributed by atoms with Crippen LogP contribution in [0.5, 0.6) is 0 Å². The average molecular weight is 298 g/mol. The van der Waals surface area contributed by atoms with Crippen LogP contribution in [0.25, 0.3) is 6.08 Å². The van der Waals surface area contributed by atoms with Crippen molar-refractivity contribution in [3.05, 3.63) is 39.9 Å². The lowest BCUT2D eigenvalue weighted by Gasteiger charge is -2.37. The Morgan fingerprint density at radius 2 is 2.21 bits per heavy atom. The molecule has 0 aromatic heterocycles. The molecule has 1 aromatic rings. The largest absolute Gasteiger partial charge is 0.316 e. The molecule has 1 nitrogen and oxygen atoms in total. The second-order valence-corrected chi connectivity index (χ2v) is 6.25. The standard InChI is InChI=1S/C16H20ClN.ClH/c1-3-4-11-5-6-12-13(15(11)17)7-8-16(2)10-18-9-14(12)16;/h3-6,14,18H,7-10H2,1-2H3;1H/t14-,16-;/m0./s1. The van der Waals surface area contributed by atoms with E-state index in [1.165, 1.54) is 17.5 Å². The Kier molecular flexibility index (Phi) is 4.29. The third kappa shape index (κ3) is 2.33. The van der Waals surface area contributed by atoms with Crippen LogP contribution < -0.4 is 5.32 Å². The molecular weight excluding hydrogens is 277 g/mol. The van der Waals surface area contributed by atoms with E-state index in [2.05, 4.69) is 36.5 Å². The van der Waals surface area contributed by atoms with Gasteiger partial charge < -0.3 is 5.32 Å². The molecule has 0 amide bonds. The van der Waals surface area contributed by atoms with Crippen LogP contribution in [-0.4, -0.2) is 13.1 Å². The van der Waals surface area contributed by atoms with E-state index in [9.17, 15) is 0 Å². The number of halogens is 2. The second-order valence-electron chi connectivity index (χ2n) is 5.87. The topological polar surface area (TPSA) is 12.0 Å². The van der Waals surface area contributed by atoms with Gasteiger partial charge in [-0.25, -0.2) is 0 Å². The minimum absolute atomic E-state index is 0. The van der Waals surface area contributed by atoms with Gasteiger partial charge in [0.25, 0.3) is 0 Å². The van der Waals surface area contributed by atoms with E-state index in [0.717, 1.165) is 30.1 Å². The first-order valence-corrected chi connectivity index (χ1v) is 7.18. The number of rotatable bonds is 1. The zero-order chi connectivity index (χ0) is 12.8. The fourth-order valence-electron chi connectivity index (χ4n) is 3.57. The van der Waals surface area contributed by atoms with Gasteiger partial charge in [0, 0.05) is 19.0 Å². The van der Waals surface area contributed by atoms with E-state index < -0.39 is 0 Å². The second kappa shape index (κ2) is 5.47. The van der Waals surface area contributed by atoms with Gasteiger partial charge in [0.1, 0.15) is 0 Å². The molecule has 0 bridgehead atoms. The van der Waals surface area contributed by atoms with E-state index in [1.54, 1.807) is 0 Å². The highest BCUT2D eigenvalue weighted by atomic mass is 35.5. The molecule has 0 radical (unpaired) electrons. The molecule has 1 heterocycles. The van der Waals surface area contributed by atoms with Crippen LogP contribution in [0.2, 0.25) is 5.02 Å². The Labute approximate surface area is 126 Å². The van der Waals surface area contributed by atoms with Gasteiger partial charge in [-0.05, 0) is 41.9 Å². The molecule has 19 heavy (non-hydrogen) atoms. The van der Waals surface area contributed by atoms with Crippen molar-refractivity contribution in [2.75, 3.05) is 13.1 Å². The summed E-state index contributed by atoms with van der Waals surface area (Å²) in [4.78, 5) is 0. The van der Waals surface area contributed by atoms with Gasteiger partial charge in [0.05, 0.1) is 5.02 Å². The minimum atomic E-state index is 0. The van der Waals surface area contributed by atoms with Gasteiger partial charge in [-0.15, -0.1) is 12.4 Å². The SMILES string of the molecule is CC=Cc1ccc2c(c1Cl)CC[C@@]1(C)CNC[C@@H]21.Cl. The van der Waals surface area contributed by atoms with Crippen LogP contribution in [0.4, 0.5) is 0 Å². The molecular formula is C16H21Cl2N. The van der Waals surface area contributed by atoms with Gasteiger partial charge in [-0.2, -0.15) is 0 Å². The van der Waals surface area contributed by atoms with Crippen molar-refractivity contribution < 1.29 is 0 Å². The maximum atomic E-state index is 6.57. The van der Waals surface area contributed by atoms with E-state index in [-0.39, 0.29) is 12.4 Å². The minimum Gasteiger partial charge on any atom is -0.316 e. The maximum Gasteiger partial charge on any atom is 0.0513 e. The molecule has 1 fully saturated rings. The molecule has 2 aliphatic rings. The highest BCUT2D eigenvalue weighted by Crippen LogP contribution is 2.49. The van der Waals surface area contributed by atoms with Crippen molar-refractivity contribution >= 4 is 30.1 Å². The zero-order valence-electron chi connectivity index (χ0n) is 11.5. The third-order valence-electron chi connectivity index (χ3n) is 4.70. The van der Waals surface area contributed by atoms with Gasteiger partial charge in [0.2, 0.25) is 0 Å². The van der Waals surface area contributed by atoms with Crippen molar-refractivity contribution in [1.82, 2.24) is 5.32 Å². The molecule has 1 N–H and O–H groups in total. The molecule has 1 saturated heterocycles. The third-order valence-corrected chi connectivity index (χ3v) is 5.14. The number of hydrogen-bond donors (Lipinski definition) is 1. The highest BCUT2D eigenvalue weighted by Gasteiger charge is 2.43. The first-order valence-electron chi connectivity index (χ1n) is 6.80. The molecule has 1 aliphatic carbocycles. The van der Waals surface area contributed by atoms with E-state index >= 15 is 0 Å². The zero-order valence-corrected chi connectivity index (χ0v) is 13.1. The lowest BCUT2D eigenvalue weighted by Crippen LogP contribution is -2.30. The number of nitrogens with one attached hydrogen (secondary N) is 1. The van der Waals surface area contributed by atoms with Crippen molar-refractivity contribution in [2.24, 2.45) is 5.41 Å². The van der Waals surface area contributed by atoms with E-state index in [0.29, 0.717) is 11.3 Å². The van der Waals surface area contributed by atoms with Gasteiger partial charge in [0.15, 0.2) is 0 Å². The molecule has 104 valence electrons. The Morgan fingerprint density at radius 3 is 2.95 bits per heavy atom. The van der Waals surface area contributed by atoms with Gasteiger partial charge >= 0.3 is 0 Å². The van der Waals surface area contributed by atoms with Crippen molar-refractivity contribution in [3.63, 3.8) is 0 Å². The summed E-state index contributed by atoms with van der Waals surface area (Å²) in [5, 5.41) is 4.52. The number of allylic oxidation sites excluding steroid dienone is 1. The molecule has 0 unspecified atom stereocenters. The first-order chi connectivity index (χ1) is 8.65. The van der Waals surface area contributed by atoms with Crippen molar-refractivity contribution in [2.45, 2.75) is 32.6 Å². The fourth-order valence-corrected chi connectivity index (χ4v) is 3.90. The van der Waals surface area contributed by atoms with Crippen molar-refractivity contribution in [3.8, 4) is 0 Å². The van der Waals surface area contributed by atoms with Gasteiger partial charge in [-0.1, -0.05) is 42.8 Å². The smallest absolute Gasteiger partial charge is 0.0513 e. The number of fused-ring (bicyclic) bond motifs is 3. The highest BCUT2D eigenvalue weighted by molar-refractivity contribution is 6.33. The summed E-state index contributed by atoms with van der Waals surface area (Å²) in [7, 11) is 0. The van der Waals surface area contributed by atoms with Crippen LogP contribution in [0.15, 0.2) is 18.2 Å². The van der Waals surface area contributed by atoms with Crippen molar-refractivity contribution in [1.29, 1.82) is 0 Å². The summed E-state index contributed by atoms with van der Waals surface area (Å²) in [6, 6.07) is 4.47. The Bertz CT molecular complexity index is 510. The van der Waals surface area contributed by atoms with Crippen LogP contribution in [-0.2, 0) is 6.42 Å². The lowest BCUT2D eigenvalue weighted by atomic mass is 9.67. The Morgan fingerprint density at radius 1 is 1.42 bits per heavy atom. The average Bonchev–Trinajstić information content (AvgIpc) is 2.75. The first kappa shape index (κ1) is 14.9. The molecule has 2 atom stereocenters. The summed E-state index contributed by atoms with van der Waals surface area (Å²) in [5.41, 5.74) is 4.45. The number of hydrogen-bond acceptors (Lipinski definition) is 1. The number of benzene rings is 1. The molecule has 1 aliphatic heterocycles. The molecule has 0 saturated carbocycles. The maximum absolute atomic E-state index is 6.57. The summed E-state index contributed by atoms with van der Waals surface area (Å²) < 4.78 is 0. The van der Waals surface area contributed by atoms with Crippen LogP contribution in [0.3, 0.4) is 0 Å².